The van der Waals surface area contributed by atoms with E-state index in [1.807, 2.05) is 51.1 Å². The second-order valence-electron chi connectivity index (χ2n) is 12.7. The van der Waals surface area contributed by atoms with E-state index in [1.54, 1.807) is 24.7 Å². The number of carboxylic acid groups (broad SMARTS) is 4. The van der Waals surface area contributed by atoms with E-state index in [2.05, 4.69) is 96.0 Å². The van der Waals surface area contributed by atoms with Crippen LogP contribution in [0.2, 0.25) is 0 Å². The fourth-order valence-corrected chi connectivity index (χ4v) is 5.06. The van der Waals surface area contributed by atoms with Crippen LogP contribution in [0.15, 0.2) is 122 Å². The number of aromatic carboxylic acids is 4. The molecule has 74 heavy (non-hydrogen) atoms. The third-order valence-corrected chi connectivity index (χ3v) is 7.89. The van der Waals surface area contributed by atoms with Crippen LogP contribution in [0.1, 0.15) is 58.1 Å². The van der Waals surface area contributed by atoms with Gasteiger partial charge in [0.1, 0.15) is 0 Å². The summed E-state index contributed by atoms with van der Waals surface area (Å²) < 4.78 is 0. The minimum Gasteiger partial charge on any atom is -0.753 e. The molecule has 4 N–H and O–H groups in total. The normalized spacial score (nSPS) is 8.42. The van der Waals surface area contributed by atoms with Gasteiger partial charge in [0, 0.05) is 37.2 Å². The molecule has 0 atom stereocenters. The molecule has 0 aliphatic carbocycles. The maximum atomic E-state index is 11.4. The number of carboxylic acids is 4. The van der Waals surface area contributed by atoms with Crippen LogP contribution in [0.4, 0.5) is 0 Å². The number of hydrogen-bond acceptors (Lipinski definition) is 16. The molecule has 375 valence electrons. The van der Waals surface area contributed by atoms with Crippen molar-refractivity contribution in [2.75, 3.05) is 0 Å². The Morgan fingerprint density at radius 2 is 0.541 bits per heavy atom. The van der Waals surface area contributed by atoms with Gasteiger partial charge in [0.15, 0.2) is 0 Å². The monoisotopic (exact) mass is 1260 g/mol. The van der Waals surface area contributed by atoms with Crippen molar-refractivity contribution in [1.29, 1.82) is 0 Å². The smallest absolute Gasteiger partial charge is 0.753 e. The Bertz CT molecular complexity index is 2990. The Labute approximate surface area is 475 Å². The Balaban J connectivity index is -0.000000907. The molecule has 0 saturated heterocycles. The molecule has 7 aromatic heterocycles. The molecule has 7 aromatic rings. The largest absolute Gasteiger partial charge is 3.00 e. The van der Waals surface area contributed by atoms with Crippen LogP contribution >= 0.6 is 61.1 Å². The maximum absolute atomic E-state index is 11.4. The van der Waals surface area contributed by atoms with Crippen LogP contribution in [-0.2, 0) is 39.0 Å². The first-order valence-electron chi connectivity index (χ1n) is 19.0. The number of aryl methyl sites for hydroxylation is 3. The van der Waals surface area contributed by atoms with Crippen molar-refractivity contribution in [3.63, 3.8) is 0 Å². The van der Waals surface area contributed by atoms with E-state index in [1.165, 1.54) is 92.9 Å². The molecule has 0 aliphatic heterocycles. The van der Waals surface area contributed by atoms with Crippen LogP contribution in [0.3, 0.4) is 0 Å². The van der Waals surface area contributed by atoms with E-state index in [0.717, 1.165) is 16.7 Å². The third kappa shape index (κ3) is 27.7. The number of hydrogen-bond donors (Lipinski definition) is 4. The fourth-order valence-electron chi connectivity index (χ4n) is 5.06. The first-order chi connectivity index (χ1) is 34.3. The SMILES string of the molecule is Cc1ccnc(-c2cc(C(=O)O)cc(-c3cc(C(=O)O)ccn3)n2)c1.Cc1ccnc(-c2cc(C(=O)O)ccn2)c1.Cc1ccnc(-c2cc(C(=O)O)ccn2)c1.[N-]=C=S.[N-]=C=S.[N-]=C=S.[N-]=C=S.[N-]=C=S.[Ru+2].[Ru+3]. The van der Waals surface area contributed by atoms with Crippen LogP contribution < -0.4 is 0 Å². The number of aromatic nitrogens is 7. The van der Waals surface area contributed by atoms with Gasteiger partial charge in [0.2, 0.25) is 0 Å². The average Bonchev–Trinajstić information content (AvgIpc) is 3.35. The number of thiocarbonyl (C=S) groups is 5. The summed E-state index contributed by atoms with van der Waals surface area (Å²) in [6.45, 7) is 5.80. The Morgan fingerprint density at radius 1 is 0.365 bits per heavy atom. The second kappa shape index (κ2) is 40.7. The van der Waals surface area contributed by atoms with E-state index in [0.29, 0.717) is 34.2 Å². The third-order valence-electron chi connectivity index (χ3n) is 7.89. The average molecular weight is 1260 g/mol. The van der Waals surface area contributed by atoms with Gasteiger partial charge in [-0.25, -0.2) is 24.2 Å². The Kier molecular flexibility index (Phi) is 38.8. The number of rotatable bonds is 8. The van der Waals surface area contributed by atoms with Crippen LogP contribution in [-0.4, -0.2) is 105 Å². The molecule has 0 saturated carbocycles. The van der Waals surface area contributed by atoms with E-state index in [4.69, 9.17) is 42.4 Å². The van der Waals surface area contributed by atoms with Gasteiger partial charge in [-0.2, -0.15) is 25.8 Å². The molecule has 7 rings (SSSR count). The summed E-state index contributed by atoms with van der Waals surface area (Å²) in [5, 5.41) is 78.5. The Hall–Kier alpha value is -7.82. The molecular weight excluding hydrogens is 1220 g/mol. The summed E-state index contributed by atoms with van der Waals surface area (Å²) >= 11 is 18.5. The van der Waals surface area contributed by atoms with E-state index >= 15 is 0 Å². The van der Waals surface area contributed by atoms with E-state index in [-0.39, 0.29) is 72.6 Å². The summed E-state index contributed by atoms with van der Waals surface area (Å²) in [6.07, 6.45) is 9.27. The molecule has 0 fully saturated rings. The molecule has 0 amide bonds. The summed E-state index contributed by atoms with van der Waals surface area (Å²) in [5.41, 5.74) is 7.53. The summed E-state index contributed by atoms with van der Waals surface area (Å²) in [6, 6.07) is 22.6. The molecule has 0 unspecified atom stereocenters. The molecule has 0 aliphatic rings. The standard InChI is InChI=1S/C18H13N3O4.2C12H10N2O2.5CNS.2Ru/c1-10-2-4-19-13(6-10)15-8-12(18(24)25)9-16(21-15)14-7-11(17(22)23)3-5-20-14;2*1-8-2-4-13-10(6-8)11-7-9(12(15)16)3-5-14-11;5*2-1-3;;/h2-9H,1H3,(H,22,23)(H,24,25);2*2-7H,1H3,(H,15,16);;;;;;;/q;;;5*-1;+2;+3. The molecule has 0 aromatic carbocycles. The zero-order chi connectivity index (χ0) is 54.6. The van der Waals surface area contributed by atoms with Crippen LogP contribution in [0.5, 0.6) is 0 Å². The molecule has 0 bridgehead atoms. The molecule has 1 radical (unpaired) electrons. The van der Waals surface area contributed by atoms with Gasteiger partial charge in [-0.15, -0.1) is 0 Å². The van der Waals surface area contributed by atoms with Crippen molar-refractivity contribution in [1.82, 2.24) is 34.9 Å². The van der Waals surface area contributed by atoms with Crippen molar-refractivity contribution in [2.24, 2.45) is 0 Å². The van der Waals surface area contributed by atoms with Gasteiger partial charge >= 0.3 is 62.8 Å². The van der Waals surface area contributed by atoms with E-state index in [9.17, 15) is 24.3 Å². The summed E-state index contributed by atoms with van der Waals surface area (Å²) in [5.74, 6) is -4.14. The Morgan fingerprint density at radius 3 is 0.757 bits per heavy atom. The zero-order valence-electron chi connectivity index (χ0n) is 38.1. The van der Waals surface area contributed by atoms with Crippen LogP contribution in [0, 0.1) is 20.8 Å². The number of pyridine rings is 7. The minimum absolute atomic E-state index is 0. The van der Waals surface area contributed by atoms with E-state index < -0.39 is 23.9 Å². The minimum atomic E-state index is -1.12. The first kappa shape index (κ1) is 70.4. The van der Waals surface area contributed by atoms with Gasteiger partial charge in [-0.1, -0.05) is 61.1 Å². The zero-order valence-corrected chi connectivity index (χ0v) is 45.6. The van der Waals surface area contributed by atoms with Gasteiger partial charge in [0.05, 0.1) is 67.8 Å². The number of isothiocyanates is 5. The van der Waals surface area contributed by atoms with Gasteiger partial charge in [-0.05, 0) is 122 Å². The number of carbonyl (C=O) groups is 4. The summed E-state index contributed by atoms with van der Waals surface area (Å²) in [7, 11) is 0. The number of nitrogens with zero attached hydrogens (tertiary/aromatic N) is 12. The molecule has 7 heterocycles. The maximum Gasteiger partial charge on any atom is 3.00 e. The molecular formula is C47H33N12O8Ru2S5. The quantitative estimate of drug-likeness (QED) is 0.0624. The van der Waals surface area contributed by atoms with Crippen LogP contribution in [0.25, 0.3) is 72.6 Å². The predicted molar refractivity (Wildman–Crippen MR) is 287 cm³/mol. The first-order valence-corrected chi connectivity index (χ1v) is 21.1. The second-order valence-corrected chi connectivity index (χ2v) is 13.7. The predicted octanol–water partition coefficient (Wildman–Crippen LogP) is 10.5. The molecule has 0 spiro atoms. The van der Waals surface area contributed by atoms with Crippen molar-refractivity contribution >= 4 is 111 Å². The topological polar surface area (TPSA) is 351 Å². The molecule has 27 heteroatoms. The van der Waals surface area contributed by atoms with Crippen molar-refractivity contribution < 1.29 is 78.6 Å². The van der Waals surface area contributed by atoms with Crippen molar-refractivity contribution in [2.45, 2.75) is 20.8 Å². The molecule has 20 nitrogen and oxygen atoms in total. The van der Waals surface area contributed by atoms with Gasteiger partial charge < -0.3 is 47.5 Å². The van der Waals surface area contributed by atoms with Crippen molar-refractivity contribution in [3.05, 3.63) is 188 Å². The van der Waals surface area contributed by atoms with Crippen molar-refractivity contribution in [3.8, 4) is 45.6 Å². The van der Waals surface area contributed by atoms with Gasteiger partial charge in [-0.3, -0.25) is 29.9 Å². The fraction of sp³-hybridized carbons (Fsp3) is 0.0638. The summed E-state index contributed by atoms with van der Waals surface area (Å²) in [4.78, 5) is 73.5. The van der Waals surface area contributed by atoms with Gasteiger partial charge in [0.25, 0.3) is 0 Å².